The van der Waals surface area contributed by atoms with Gasteiger partial charge in [0.25, 0.3) is 0 Å². The number of amides is 1. The molecule has 0 saturated carbocycles. The van der Waals surface area contributed by atoms with Gasteiger partial charge in [-0.2, -0.15) is 5.26 Å². The molecule has 0 aliphatic rings. The second kappa shape index (κ2) is 9.30. The first kappa shape index (κ1) is 21.8. The van der Waals surface area contributed by atoms with E-state index in [2.05, 4.69) is 32.3 Å². The van der Waals surface area contributed by atoms with Crippen LogP contribution < -0.4 is 5.32 Å². The lowest BCUT2D eigenvalue weighted by Gasteiger charge is -2.17. The van der Waals surface area contributed by atoms with E-state index in [1.54, 1.807) is 12.3 Å². The smallest absolute Gasteiger partial charge is 0.328 e. The molecule has 2 unspecified atom stereocenters. The molecule has 0 aliphatic carbocycles. The topological polar surface area (TPSA) is 128 Å². The van der Waals surface area contributed by atoms with Gasteiger partial charge in [0.1, 0.15) is 4.60 Å². The van der Waals surface area contributed by atoms with Gasteiger partial charge in [0.05, 0.1) is 35.4 Å². The molecule has 10 heteroatoms. The first-order chi connectivity index (χ1) is 14.3. The van der Waals surface area contributed by atoms with Crippen LogP contribution in [0.2, 0.25) is 0 Å². The van der Waals surface area contributed by atoms with Crippen LogP contribution in [0.1, 0.15) is 12.5 Å². The first-order valence-electron chi connectivity index (χ1n) is 8.82. The summed E-state index contributed by atoms with van der Waals surface area (Å²) in [5, 5.41) is 32.4. The Kier molecular flexibility index (Phi) is 6.77. The molecule has 1 aromatic heterocycles. The van der Waals surface area contributed by atoms with Gasteiger partial charge >= 0.3 is 5.97 Å². The SMILES string of the molecule is CC(O)C(NC(=O)CSc1ncc(Br)n1-c1ccc(C#N)c2ccccc12)C(=O)O. The van der Waals surface area contributed by atoms with Gasteiger partial charge in [-0.15, -0.1) is 0 Å². The number of carbonyl (C=O) groups is 2. The number of hydrogen-bond donors (Lipinski definition) is 3. The summed E-state index contributed by atoms with van der Waals surface area (Å²) in [7, 11) is 0. The number of aliphatic hydroxyl groups is 1. The number of aliphatic carboxylic acids is 1. The van der Waals surface area contributed by atoms with E-state index in [0.29, 0.717) is 15.3 Å². The predicted octanol–water partition coefficient (Wildman–Crippen LogP) is 2.70. The van der Waals surface area contributed by atoms with E-state index in [-0.39, 0.29) is 5.75 Å². The van der Waals surface area contributed by atoms with Gasteiger partial charge in [0.2, 0.25) is 5.91 Å². The van der Waals surface area contributed by atoms with Gasteiger partial charge in [0, 0.05) is 10.8 Å². The maximum Gasteiger partial charge on any atom is 0.328 e. The number of rotatable bonds is 7. The highest BCUT2D eigenvalue weighted by atomic mass is 79.9. The van der Waals surface area contributed by atoms with Crippen molar-refractivity contribution in [1.82, 2.24) is 14.9 Å². The van der Waals surface area contributed by atoms with Crippen LogP contribution >= 0.6 is 27.7 Å². The molecule has 1 amide bonds. The van der Waals surface area contributed by atoms with Gasteiger partial charge < -0.3 is 15.5 Å². The monoisotopic (exact) mass is 488 g/mol. The summed E-state index contributed by atoms with van der Waals surface area (Å²) in [4.78, 5) is 27.7. The van der Waals surface area contributed by atoms with Crippen molar-refractivity contribution in [3.05, 3.63) is 52.8 Å². The minimum absolute atomic E-state index is 0.0891. The van der Waals surface area contributed by atoms with Gasteiger partial charge in [-0.1, -0.05) is 36.0 Å². The van der Waals surface area contributed by atoms with Crippen molar-refractivity contribution in [3.8, 4) is 11.8 Å². The Morgan fingerprint density at radius 3 is 2.63 bits per heavy atom. The molecule has 2 atom stereocenters. The maximum absolute atomic E-state index is 12.2. The average Bonchev–Trinajstić information content (AvgIpc) is 3.09. The van der Waals surface area contributed by atoms with Crippen LogP contribution in [0.3, 0.4) is 0 Å². The summed E-state index contributed by atoms with van der Waals surface area (Å²) in [6.07, 6.45) is 0.376. The second-order valence-electron chi connectivity index (χ2n) is 6.40. The Balaban J connectivity index is 1.89. The fourth-order valence-corrected chi connectivity index (χ4v) is 4.32. The Labute approximate surface area is 184 Å². The molecule has 0 saturated heterocycles. The summed E-state index contributed by atoms with van der Waals surface area (Å²) in [6.45, 7) is 1.30. The summed E-state index contributed by atoms with van der Waals surface area (Å²) >= 11 is 4.60. The lowest BCUT2D eigenvalue weighted by molar-refractivity contribution is -0.144. The zero-order valence-corrected chi connectivity index (χ0v) is 18.1. The third-order valence-electron chi connectivity index (χ3n) is 4.35. The molecule has 1 heterocycles. The largest absolute Gasteiger partial charge is 0.480 e. The molecular formula is C20H17BrN4O4S. The van der Waals surface area contributed by atoms with Crippen molar-refractivity contribution < 1.29 is 19.8 Å². The predicted molar refractivity (Wildman–Crippen MR) is 115 cm³/mol. The summed E-state index contributed by atoms with van der Waals surface area (Å²) in [5.74, 6) is -1.94. The highest BCUT2D eigenvalue weighted by molar-refractivity contribution is 9.10. The van der Waals surface area contributed by atoms with Crippen LogP contribution in [0.4, 0.5) is 0 Å². The molecule has 0 bridgehead atoms. The highest BCUT2D eigenvalue weighted by Crippen LogP contribution is 2.32. The molecule has 2 aromatic carbocycles. The van der Waals surface area contributed by atoms with E-state index in [1.807, 2.05) is 34.9 Å². The average molecular weight is 489 g/mol. The normalized spacial score (nSPS) is 12.9. The number of thioether (sulfide) groups is 1. The number of benzene rings is 2. The van der Waals surface area contributed by atoms with E-state index in [9.17, 15) is 20.0 Å². The number of halogens is 1. The van der Waals surface area contributed by atoms with Crippen molar-refractivity contribution in [1.29, 1.82) is 5.26 Å². The van der Waals surface area contributed by atoms with E-state index >= 15 is 0 Å². The molecule has 0 aliphatic heterocycles. The molecule has 0 spiro atoms. The van der Waals surface area contributed by atoms with Crippen LogP contribution in [0.25, 0.3) is 16.5 Å². The summed E-state index contributed by atoms with van der Waals surface area (Å²) < 4.78 is 2.47. The van der Waals surface area contributed by atoms with Gasteiger partial charge in [-0.25, -0.2) is 9.78 Å². The number of carbonyl (C=O) groups excluding carboxylic acids is 1. The van der Waals surface area contributed by atoms with Crippen LogP contribution in [0.5, 0.6) is 0 Å². The molecule has 0 radical (unpaired) electrons. The van der Waals surface area contributed by atoms with E-state index in [1.165, 1.54) is 6.92 Å². The second-order valence-corrected chi connectivity index (χ2v) is 8.16. The molecular weight excluding hydrogens is 472 g/mol. The van der Waals surface area contributed by atoms with Crippen LogP contribution in [0, 0.1) is 11.3 Å². The third kappa shape index (κ3) is 4.48. The number of carboxylic acid groups (broad SMARTS) is 1. The number of carboxylic acids is 1. The van der Waals surface area contributed by atoms with Crippen LogP contribution in [0.15, 0.2) is 52.4 Å². The molecule has 30 heavy (non-hydrogen) atoms. The van der Waals surface area contributed by atoms with Crippen LogP contribution in [-0.2, 0) is 9.59 Å². The van der Waals surface area contributed by atoms with Crippen LogP contribution in [-0.4, -0.2) is 49.5 Å². The first-order valence-corrected chi connectivity index (χ1v) is 10.6. The van der Waals surface area contributed by atoms with Crippen molar-refractivity contribution in [2.45, 2.75) is 24.2 Å². The number of nitrogens with one attached hydrogen (secondary N) is 1. The molecule has 3 aromatic rings. The minimum atomic E-state index is -1.38. The van der Waals surface area contributed by atoms with Gasteiger partial charge in [-0.05, 0) is 35.0 Å². The zero-order chi connectivity index (χ0) is 21.8. The summed E-state index contributed by atoms with van der Waals surface area (Å²) in [5.41, 5.74) is 1.33. The lowest BCUT2D eigenvalue weighted by Crippen LogP contribution is -2.48. The Morgan fingerprint density at radius 1 is 1.30 bits per heavy atom. The number of nitrogens with zero attached hydrogens (tertiary/aromatic N) is 3. The fourth-order valence-electron chi connectivity index (χ4n) is 2.94. The van der Waals surface area contributed by atoms with Crippen molar-refractivity contribution in [3.63, 3.8) is 0 Å². The molecule has 8 nitrogen and oxygen atoms in total. The number of fused-ring (bicyclic) bond motifs is 1. The summed E-state index contributed by atoms with van der Waals surface area (Å²) in [6, 6.07) is 11.8. The van der Waals surface area contributed by atoms with E-state index in [4.69, 9.17) is 5.11 Å². The number of imidazole rings is 1. The molecule has 0 fully saturated rings. The van der Waals surface area contributed by atoms with Crippen molar-refractivity contribution >= 4 is 50.3 Å². The molecule has 154 valence electrons. The minimum Gasteiger partial charge on any atom is -0.480 e. The Bertz CT molecular complexity index is 1160. The zero-order valence-electron chi connectivity index (χ0n) is 15.7. The van der Waals surface area contributed by atoms with Crippen molar-refractivity contribution in [2.75, 3.05) is 5.75 Å². The number of aliphatic hydroxyl groups excluding tert-OH is 1. The third-order valence-corrected chi connectivity index (χ3v) is 5.86. The van der Waals surface area contributed by atoms with E-state index < -0.39 is 24.0 Å². The molecule has 3 N–H and O–H groups in total. The van der Waals surface area contributed by atoms with E-state index in [0.717, 1.165) is 28.2 Å². The Hall–Kier alpha value is -2.87. The maximum atomic E-state index is 12.2. The lowest BCUT2D eigenvalue weighted by atomic mass is 10.0. The number of hydrogen-bond acceptors (Lipinski definition) is 6. The quantitative estimate of drug-likeness (QED) is 0.436. The van der Waals surface area contributed by atoms with Crippen molar-refractivity contribution in [2.24, 2.45) is 0 Å². The van der Waals surface area contributed by atoms with Gasteiger partial charge in [-0.3, -0.25) is 9.36 Å². The number of nitriles is 1. The Morgan fingerprint density at radius 2 is 2.00 bits per heavy atom. The standard InChI is InChI=1S/C20H17BrN4O4S/c1-11(26)18(19(28)29)24-17(27)10-30-20-23-9-16(21)25(20)15-7-6-12(8-22)13-4-2-3-5-14(13)15/h2-7,9,11,18,26H,10H2,1H3,(H,24,27)(H,28,29). The molecule has 3 rings (SSSR count). The fraction of sp³-hybridized carbons (Fsp3) is 0.200. The number of aromatic nitrogens is 2. The van der Waals surface area contributed by atoms with Gasteiger partial charge in [0.15, 0.2) is 11.2 Å². The highest BCUT2D eigenvalue weighted by Gasteiger charge is 2.25.